The van der Waals surface area contributed by atoms with Crippen molar-refractivity contribution in [2.24, 2.45) is 10.8 Å². The van der Waals surface area contributed by atoms with Gasteiger partial charge in [0.05, 0.1) is 0 Å². The SMILES string of the molecule is C=C(CC(C)(C)C)C(Br)CCC(C)(C)C. The van der Waals surface area contributed by atoms with Gasteiger partial charge in [0.2, 0.25) is 0 Å². The van der Waals surface area contributed by atoms with E-state index in [9.17, 15) is 0 Å². The molecule has 0 aliphatic carbocycles. The molecule has 0 rings (SSSR count). The highest BCUT2D eigenvalue weighted by Gasteiger charge is 2.19. The number of rotatable bonds is 4. The molecule has 0 aliphatic rings. The zero-order valence-electron chi connectivity index (χ0n) is 11.3. The van der Waals surface area contributed by atoms with Crippen molar-refractivity contribution in [2.45, 2.75) is 65.6 Å². The predicted octanol–water partition coefficient (Wildman–Crippen LogP) is 5.57. The summed E-state index contributed by atoms with van der Waals surface area (Å²) in [6, 6.07) is 0. The summed E-state index contributed by atoms with van der Waals surface area (Å²) in [4.78, 5) is 0.482. The zero-order valence-corrected chi connectivity index (χ0v) is 12.9. The highest BCUT2D eigenvalue weighted by molar-refractivity contribution is 9.09. The molecule has 0 amide bonds. The number of allylic oxidation sites excluding steroid dienone is 1. The predicted molar refractivity (Wildman–Crippen MR) is 74.6 cm³/mol. The van der Waals surface area contributed by atoms with E-state index < -0.39 is 0 Å². The van der Waals surface area contributed by atoms with Gasteiger partial charge in [-0.3, -0.25) is 0 Å². The van der Waals surface area contributed by atoms with E-state index in [4.69, 9.17) is 0 Å². The molecule has 0 aromatic rings. The Morgan fingerprint density at radius 3 is 1.87 bits per heavy atom. The van der Waals surface area contributed by atoms with Crippen molar-refractivity contribution in [3.8, 4) is 0 Å². The number of hydrogen-bond acceptors (Lipinski definition) is 0. The first-order valence-electron chi connectivity index (χ1n) is 5.83. The van der Waals surface area contributed by atoms with Crippen LogP contribution in [0.15, 0.2) is 12.2 Å². The molecule has 0 saturated heterocycles. The highest BCUT2D eigenvalue weighted by Crippen LogP contribution is 2.32. The topological polar surface area (TPSA) is 0 Å². The summed E-state index contributed by atoms with van der Waals surface area (Å²) in [5, 5.41) is 0. The van der Waals surface area contributed by atoms with Gasteiger partial charge in [-0.25, -0.2) is 0 Å². The summed E-state index contributed by atoms with van der Waals surface area (Å²) in [6.45, 7) is 17.9. The van der Waals surface area contributed by atoms with Crippen LogP contribution in [0.3, 0.4) is 0 Å². The third kappa shape index (κ3) is 9.17. The monoisotopic (exact) mass is 274 g/mol. The van der Waals surface area contributed by atoms with E-state index in [1.807, 2.05) is 0 Å². The third-order valence-corrected chi connectivity index (χ3v) is 3.45. The lowest BCUT2D eigenvalue weighted by atomic mass is 9.84. The molecule has 0 aromatic carbocycles. The van der Waals surface area contributed by atoms with Crippen molar-refractivity contribution >= 4 is 15.9 Å². The minimum atomic E-state index is 0.352. The van der Waals surface area contributed by atoms with E-state index in [1.165, 1.54) is 18.4 Å². The number of hydrogen-bond donors (Lipinski definition) is 0. The summed E-state index contributed by atoms with van der Waals surface area (Å²) in [5.41, 5.74) is 2.12. The Kier molecular flexibility index (Phi) is 5.60. The van der Waals surface area contributed by atoms with Crippen LogP contribution in [0.4, 0.5) is 0 Å². The van der Waals surface area contributed by atoms with Crippen LogP contribution in [0.1, 0.15) is 60.8 Å². The lowest BCUT2D eigenvalue weighted by Crippen LogP contribution is -2.14. The van der Waals surface area contributed by atoms with Gasteiger partial charge < -0.3 is 0 Å². The Labute approximate surface area is 105 Å². The van der Waals surface area contributed by atoms with Gasteiger partial charge in [0.15, 0.2) is 0 Å². The second kappa shape index (κ2) is 5.52. The normalized spacial score (nSPS) is 15.1. The summed E-state index contributed by atoms with van der Waals surface area (Å²) >= 11 is 3.75. The standard InChI is InChI=1S/C14H27Br/c1-11(10-14(5,6)7)12(15)8-9-13(2,3)4/h12H,1,8-10H2,2-7H3. The Morgan fingerprint density at radius 1 is 1.07 bits per heavy atom. The van der Waals surface area contributed by atoms with E-state index in [0.717, 1.165) is 6.42 Å². The highest BCUT2D eigenvalue weighted by atomic mass is 79.9. The first-order valence-corrected chi connectivity index (χ1v) is 6.75. The van der Waals surface area contributed by atoms with E-state index in [1.54, 1.807) is 0 Å². The Hall–Kier alpha value is 0.220. The van der Waals surface area contributed by atoms with Gasteiger partial charge in [0.1, 0.15) is 0 Å². The summed E-state index contributed by atoms with van der Waals surface area (Å²) in [5.74, 6) is 0. The minimum Gasteiger partial charge on any atom is -0.0987 e. The summed E-state index contributed by atoms with van der Waals surface area (Å²) in [7, 11) is 0. The molecular formula is C14H27Br. The first-order chi connectivity index (χ1) is 6.51. The van der Waals surface area contributed by atoms with Crippen LogP contribution in [0.5, 0.6) is 0 Å². The van der Waals surface area contributed by atoms with Gasteiger partial charge in [-0.05, 0) is 30.1 Å². The maximum absolute atomic E-state index is 4.19. The van der Waals surface area contributed by atoms with Crippen LogP contribution in [0.2, 0.25) is 0 Å². The molecule has 0 nitrogen and oxygen atoms in total. The lowest BCUT2D eigenvalue weighted by Gasteiger charge is -2.25. The van der Waals surface area contributed by atoms with Crippen LogP contribution < -0.4 is 0 Å². The molecule has 0 N–H and O–H groups in total. The van der Waals surface area contributed by atoms with Gasteiger partial charge in [-0.2, -0.15) is 0 Å². The molecule has 15 heavy (non-hydrogen) atoms. The molecule has 1 unspecified atom stereocenters. The van der Waals surface area contributed by atoms with Crippen LogP contribution in [-0.4, -0.2) is 4.83 Å². The smallest absolute Gasteiger partial charge is 0.0352 e. The molecule has 0 saturated carbocycles. The van der Waals surface area contributed by atoms with E-state index in [0.29, 0.717) is 15.7 Å². The molecule has 0 aromatic heterocycles. The minimum absolute atomic E-state index is 0.352. The molecule has 0 bridgehead atoms. The van der Waals surface area contributed by atoms with E-state index in [-0.39, 0.29) is 0 Å². The fourth-order valence-electron chi connectivity index (χ4n) is 1.56. The van der Waals surface area contributed by atoms with Crippen molar-refractivity contribution < 1.29 is 0 Å². The average molecular weight is 275 g/mol. The fourth-order valence-corrected chi connectivity index (χ4v) is 1.95. The second-order valence-corrected chi connectivity index (χ2v) is 8.07. The van der Waals surface area contributed by atoms with Gasteiger partial charge in [-0.15, -0.1) is 0 Å². The van der Waals surface area contributed by atoms with Gasteiger partial charge in [0, 0.05) is 4.83 Å². The quantitative estimate of drug-likeness (QED) is 0.465. The van der Waals surface area contributed by atoms with Crippen LogP contribution in [0.25, 0.3) is 0 Å². The third-order valence-electron chi connectivity index (χ3n) is 2.35. The van der Waals surface area contributed by atoms with Gasteiger partial charge in [0.25, 0.3) is 0 Å². The van der Waals surface area contributed by atoms with Crippen LogP contribution in [-0.2, 0) is 0 Å². The Bertz CT molecular complexity index is 202. The molecule has 0 aliphatic heterocycles. The van der Waals surface area contributed by atoms with Crippen molar-refractivity contribution in [2.75, 3.05) is 0 Å². The maximum Gasteiger partial charge on any atom is 0.0352 e. The summed E-state index contributed by atoms with van der Waals surface area (Å²) < 4.78 is 0. The second-order valence-electron chi connectivity index (χ2n) is 6.96. The Balaban J connectivity index is 4.01. The molecular weight excluding hydrogens is 248 g/mol. The molecule has 0 fully saturated rings. The molecule has 90 valence electrons. The largest absolute Gasteiger partial charge is 0.0987 e. The van der Waals surface area contributed by atoms with Crippen LogP contribution in [0, 0.1) is 10.8 Å². The average Bonchev–Trinajstić information content (AvgIpc) is 1.95. The zero-order chi connectivity index (χ0) is 12.3. The maximum atomic E-state index is 4.19. The number of halogens is 1. The lowest BCUT2D eigenvalue weighted by molar-refractivity contribution is 0.361. The van der Waals surface area contributed by atoms with Gasteiger partial charge in [-0.1, -0.05) is 69.6 Å². The van der Waals surface area contributed by atoms with Crippen molar-refractivity contribution in [1.29, 1.82) is 0 Å². The van der Waals surface area contributed by atoms with Crippen molar-refractivity contribution in [3.05, 3.63) is 12.2 Å². The van der Waals surface area contributed by atoms with Crippen molar-refractivity contribution in [3.63, 3.8) is 0 Å². The van der Waals surface area contributed by atoms with Crippen LogP contribution >= 0.6 is 15.9 Å². The molecule has 1 heteroatoms. The fraction of sp³-hybridized carbons (Fsp3) is 0.857. The molecule has 0 heterocycles. The van der Waals surface area contributed by atoms with Crippen molar-refractivity contribution in [1.82, 2.24) is 0 Å². The molecule has 0 spiro atoms. The molecule has 0 radical (unpaired) electrons. The molecule has 1 atom stereocenters. The van der Waals surface area contributed by atoms with E-state index in [2.05, 4.69) is 64.1 Å². The van der Waals surface area contributed by atoms with Gasteiger partial charge >= 0.3 is 0 Å². The van der Waals surface area contributed by atoms with E-state index >= 15 is 0 Å². The first kappa shape index (κ1) is 15.2. The summed E-state index contributed by atoms with van der Waals surface area (Å²) in [6.07, 6.45) is 3.54. The Morgan fingerprint density at radius 2 is 1.53 bits per heavy atom. The number of alkyl halides is 1.